The molecular weight excluding hydrogens is 276 g/mol. The molecule has 0 fully saturated rings. The summed E-state index contributed by atoms with van der Waals surface area (Å²) in [5.41, 5.74) is 1.40. The van der Waals surface area contributed by atoms with E-state index in [9.17, 15) is 4.79 Å². The molecule has 2 aromatic heterocycles. The molecule has 1 aromatic carbocycles. The molecule has 2 heterocycles. The normalized spacial score (nSPS) is 10.9. The first-order valence-corrected chi connectivity index (χ1v) is 6.54. The molecule has 0 bridgehead atoms. The quantitative estimate of drug-likeness (QED) is 0.778. The molecule has 0 radical (unpaired) electrons. The number of nitrogens with one attached hydrogen (secondary N) is 2. The number of aromatic amines is 1. The second kappa shape index (κ2) is 5.02. The van der Waals surface area contributed by atoms with E-state index in [1.54, 1.807) is 18.3 Å². The van der Waals surface area contributed by atoms with Gasteiger partial charge >= 0.3 is 0 Å². The van der Waals surface area contributed by atoms with Crippen molar-refractivity contribution in [3.05, 3.63) is 53.2 Å². The summed E-state index contributed by atoms with van der Waals surface area (Å²) in [5.74, 6) is 0.637. The van der Waals surface area contributed by atoms with Crippen LogP contribution in [0.25, 0.3) is 10.9 Å². The van der Waals surface area contributed by atoms with E-state index >= 15 is 0 Å². The highest BCUT2D eigenvalue weighted by molar-refractivity contribution is 6.31. The molecule has 0 spiro atoms. The number of fused-ring (bicyclic) bond motifs is 1. The number of aromatic nitrogens is 3. The van der Waals surface area contributed by atoms with Gasteiger partial charge in [-0.25, -0.2) is 4.98 Å². The Labute approximate surface area is 120 Å². The van der Waals surface area contributed by atoms with Crippen LogP contribution in [0.2, 0.25) is 5.02 Å². The fraction of sp³-hybridized carbons (Fsp3) is 0.143. The van der Waals surface area contributed by atoms with Crippen LogP contribution in [0.3, 0.4) is 0 Å². The first-order valence-electron chi connectivity index (χ1n) is 6.16. The molecule has 0 saturated heterocycles. The van der Waals surface area contributed by atoms with Crippen LogP contribution < -0.4 is 5.32 Å². The number of benzene rings is 1. The topological polar surface area (TPSA) is 62.7 Å². The largest absolute Gasteiger partial charge is 0.351 e. The molecule has 102 valence electrons. The van der Waals surface area contributed by atoms with Crippen molar-refractivity contribution in [3.8, 4) is 0 Å². The van der Waals surface area contributed by atoms with Crippen molar-refractivity contribution >= 4 is 28.4 Å². The SMILES string of the molecule is Cn1ccnc1CNC(=O)c1cc2cc(Cl)ccc2[nH]1. The zero-order chi connectivity index (χ0) is 14.1. The molecule has 2 N–H and O–H groups in total. The maximum Gasteiger partial charge on any atom is 0.268 e. The Hall–Kier alpha value is -2.27. The third-order valence-corrected chi connectivity index (χ3v) is 3.39. The van der Waals surface area contributed by atoms with Gasteiger partial charge in [0.2, 0.25) is 0 Å². The highest BCUT2D eigenvalue weighted by Gasteiger charge is 2.10. The zero-order valence-corrected chi connectivity index (χ0v) is 11.6. The van der Waals surface area contributed by atoms with E-state index in [0.29, 0.717) is 17.3 Å². The molecule has 3 aromatic rings. The number of H-pyrrole nitrogens is 1. The number of hydrogen-bond acceptors (Lipinski definition) is 2. The molecule has 0 aliphatic carbocycles. The van der Waals surface area contributed by atoms with Crippen LogP contribution in [0.1, 0.15) is 16.3 Å². The molecule has 0 atom stereocenters. The Morgan fingerprint density at radius 1 is 1.45 bits per heavy atom. The van der Waals surface area contributed by atoms with Crippen LogP contribution in [0.5, 0.6) is 0 Å². The summed E-state index contributed by atoms with van der Waals surface area (Å²) >= 11 is 5.93. The minimum Gasteiger partial charge on any atom is -0.351 e. The average molecular weight is 289 g/mol. The van der Waals surface area contributed by atoms with Gasteiger partial charge in [0, 0.05) is 35.4 Å². The lowest BCUT2D eigenvalue weighted by atomic mass is 10.2. The van der Waals surface area contributed by atoms with Gasteiger partial charge in [-0.3, -0.25) is 4.79 Å². The minimum absolute atomic E-state index is 0.166. The number of carbonyl (C=O) groups excluding carboxylic acids is 1. The third kappa shape index (κ3) is 2.40. The number of amides is 1. The van der Waals surface area contributed by atoms with E-state index in [2.05, 4.69) is 15.3 Å². The van der Waals surface area contributed by atoms with Gasteiger partial charge in [0.1, 0.15) is 11.5 Å². The van der Waals surface area contributed by atoms with Gasteiger partial charge in [0.25, 0.3) is 5.91 Å². The average Bonchev–Trinajstić information content (AvgIpc) is 3.01. The summed E-state index contributed by atoms with van der Waals surface area (Å²) in [6.45, 7) is 0.387. The number of rotatable bonds is 3. The maximum absolute atomic E-state index is 12.1. The van der Waals surface area contributed by atoms with Crippen molar-refractivity contribution in [2.75, 3.05) is 0 Å². The summed E-state index contributed by atoms with van der Waals surface area (Å²) in [6, 6.07) is 7.25. The summed E-state index contributed by atoms with van der Waals surface area (Å²) in [5, 5.41) is 4.40. The first kappa shape index (κ1) is 12.7. The zero-order valence-electron chi connectivity index (χ0n) is 10.9. The predicted octanol–water partition coefficient (Wildman–Crippen LogP) is 2.48. The molecule has 20 heavy (non-hydrogen) atoms. The summed E-state index contributed by atoms with van der Waals surface area (Å²) in [4.78, 5) is 19.3. The Morgan fingerprint density at radius 2 is 2.30 bits per heavy atom. The lowest BCUT2D eigenvalue weighted by Gasteiger charge is -2.03. The van der Waals surface area contributed by atoms with Crippen LogP contribution in [-0.4, -0.2) is 20.4 Å². The smallest absolute Gasteiger partial charge is 0.268 e. The minimum atomic E-state index is -0.166. The van der Waals surface area contributed by atoms with Crippen LogP contribution >= 0.6 is 11.6 Å². The molecule has 0 saturated carbocycles. The van der Waals surface area contributed by atoms with Gasteiger partial charge in [-0.2, -0.15) is 0 Å². The first-order chi connectivity index (χ1) is 9.63. The van der Waals surface area contributed by atoms with Gasteiger partial charge in [0.15, 0.2) is 0 Å². The molecule has 6 heteroatoms. The predicted molar refractivity (Wildman–Crippen MR) is 77.7 cm³/mol. The fourth-order valence-electron chi connectivity index (χ4n) is 2.05. The van der Waals surface area contributed by atoms with E-state index in [1.807, 2.05) is 29.9 Å². The van der Waals surface area contributed by atoms with Crippen LogP contribution in [0.15, 0.2) is 36.7 Å². The molecule has 0 unspecified atom stereocenters. The fourth-order valence-corrected chi connectivity index (χ4v) is 2.23. The van der Waals surface area contributed by atoms with Crippen molar-refractivity contribution in [3.63, 3.8) is 0 Å². The highest BCUT2D eigenvalue weighted by atomic mass is 35.5. The number of hydrogen-bond donors (Lipinski definition) is 2. The summed E-state index contributed by atoms with van der Waals surface area (Å²) < 4.78 is 1.87. The number of halogens is 1. The monoisotopic (exact) mass is 288 g/mol. The van der Waals surface area contributed by atoms with Crippen LogP contribution in [0.4, 0.5) is 0 Å². The van der Waals surface area contributed by atoms with Crippen molar-refractivity contribution in [1.29, 1.82) is 0 Å². The second-order valence-corrected chi connectivity index (χ2v) is 4.99. The Balaban J connectivity index is 1.77. The van der Waals surface area contributed by atoms with Gasteiger partial charge in [-0.05, 0) is 24.3 Å². The molecule has 0 aliphatic heterocycles. The van der Waals surface area contributed by atoms with E-state index < -0.39 is 0 Å². The van der Waals surface area contributed by atoms with Gasteiger partial charge in [0.05, 0.1) is 6.54 Å². The maximum atomic E-state index is 12.1. The lowest BCUT2D eigenvalue weighted by Crippen LogP contribution is -2.24. The Kier molecular flexibility index (Phi) is 3.20. The van der Waals surface area contributed by atoms with Crippen LogP contribution in [-0.2, 0) is 13.6 Å². The third-order valence-electron chi connectivity index (χ3n) is 3.16. The van der Waals surface area contributed by atoms with Crippen molar-refractivity contribution in [2.45, 2.75) is 6.54 Å². The molecule has 5 nitrogen and oxygen atoms in total. The number of imidazole rings is 1. The van der Waals surface area contributed by atoms with E-state index in [0.717, 1.165) is 16.7 Å². The van der Waals surface area contributed by atoms with Crippen molar-refractivity contribution in [2.24, 2.45) is 7.05 Å². The molecule has 0 aliphatic rings. The Bertz CT molecular complexity index is 774. The molecule has 1 amide bonds. The highest BCUT2D eigenvalue weighted by Crippen LogP contribution is 2.20. The summed E-state index contributed by atoms with van der Waals surface area (Å²) in [6.07, 6.45) is 3.54. The number of carbonyl (C=O) groups is 1. The van der Waals surface area contributed by atoms with Gasteiger partial charge < -0.3 is 14.9 Å². The van der Waals surface area contributed by atoms with Gasteiger partial charge in [-0.15, -0.1) is 0 Å². The summed E-state index contributed by atoms with van der Waals surface area (Å²) in [7, 11) is 1.89. The van der Waals surface area contributed by atoms with E-state index in [1.165, 1.54) is 0 Å². The lowest BCUT2D eigenvalue weighted by molar-refractivity contribution is 0.0945. The molecule has 3 rings (SSSR count). The van der Waals surface area contributed by atoms with Crippen LogP contribution in [0, 0.1) is 0 Å². The van der Waals surface area contributed by atoms with Crippen molar-refractivity contribution in [1.82, 2.24) is 19.9 Å². The van der Waals surface area contributed by atoms with Gasteiger partial charge in [-0.1, -0.05) is 11.6 Å². The second-order valence-electron chi connectivity index (χ2n) is 4.55. The standard InChI is InChI=1S/C14H13ClN4O/c1-19-5-4-16-13(19)8-17-14(20)12-7-9-6-10(15)2-3-11(9)18-12/h2-7,18H,8H2,1H3,(H,17,20). The van der Waals surface area contributed by atoms with Crippen molar-refractivity contribution < 1.29 is 4.79 Å². The van der Waals surface area contributed by atoms with E-state index in [4.69, 9.17) is 11.6 Å². The Morgan fingerprint density at radius 3 is 3.05 bits per heavy atom. The number of nitrogens with zero attached hydrogens (tertiary/aromatic N) is 2. The molecular formula is C14H13ClN4O. The van der Waals surface area contributed by atoms with E-state index in [-0.39, 0.29) is 5.91 Å². The number of aryl methyl sites for hydroxylation is 1.